The highest BCUT2D eigenvalue weighted by atomic mass is 35.5. The number of rotatable bonds is 8. The average molecular weight is 584 g/mol. The summed E-state index contributed by atoms with van der Waals surface area (Å²) < 4.78 is 56.8. The molecule has 11 heteroatoms. The normalized spacial score (nSPS) is 11.6. The molecule has 4 aromatic carbocycles. The summed E-state index contributed by atoms with van der Waals surface area (Å²) in [6.07, 6.45) is 0. The van der Waals surface area contributed by atoms with Crippen LogP contribution in [0.2, 0.25) is 5.02 Å². The minimum atomic E-state index is -4.08. The van der Waals surface area contributed by atoms with Crippen LogP contribution >= 0.6 is 11.6 Å². The number of amides is 1. The van der Waals surface area contributed by atoms with Crippen molar-refractivity contribution >= 4 is 54.6 Å². The third-order valence-corrected chi connectivity index (χ3v) is 9.16. The Labute approximate surface area is 233 Å². The summed E-state index contributed by atoms with van der Waals surface area (Å²) in [6.45, 7) is 5.51. The van der Waals surface area contributed by atoms with E-state index < -0.39 is 26.0 Å². The molecule has 0 heterocycles. The Bertz CT molecular complexity index is 1730. The number of carbonyl (C=O) groups is 1. The molecule has 0 aliphatic carbocycles. The molecule has 0 fully saturated rings. The first-order valence-corrected chi connectivity index (χ1v) is 15.1. The van der Waals surface area contributed by atoms with Crippen LogP contribution in [-0.2, 0) is 20.0 Å². The molecule has 0 saturated heterocycles. The summed E-state index contributed by atoms with van der Waals surface area (Å²) in [7, 11) is -7.94. The molecule has 8 nitrogen and oxygen atoms in total. The van der Waals surface area contributed by atoms with Crippen molar-refractivity contribution in [3.05, 3.63) is 112 Å². The number of carbonyl (C=O) groups excluding carboxylic acids is 1. The van der Waals surface area contributed by atoms with E-state index in [1.165, 1.54) is 42.5 Å². The fraction of sp³-hybridized carbons (Fsp3) is 0.107. The second-order valence-electron chi connectivity index (χ2n) is 8.97. The van der Waals surface area contributed by atoms with E-state index >= 15 is 0 Å². The summed E-state index contributed by atoms with van der Waals surface area (Å²) in [6, 6.07) is 21.8. The minimum Gasteiger partial charge on any atom is -0.322 e. The quantitative estimate of drug-likeness (QED) is 0.231. The maximum Gasteiger partial charge on any atom is 0.263 e. The minimum absolute atomic E-state index is 0.0187. The lowest BCUT2D eigenvalue weighted by Gasteiger charge is -2.14. The van der Waals surface area contributed by atoms with E-state index in [2.05, 4.69) is 14.8 Å². The zero-order chi connectivity index (χ0) is 28.4. The van der Waals surface area contributed by atoms with Gasteiger partial charge in [-0.1, -0.05) is 47.5 Å². The molecule has 0 aliphatic heterocycles. The molecule has 4 aromatic rings. The molecule has 0 aromatic heterocycles. The highest BCUT2D eigenvalue weighted by Gasteiger charge is 2.21. The van der Waals surface area contributed by atoms with E-state index in [9.17, 15) is 21.6 Å². The van der Waals surface area contributed by atoms with E-state index in [1.807, 2.05) is 39.0 Å². The zero-order valence-corrected chi connectivity index (χ0v) is 23.7. The van der Waals surface area contributed by atoms with Gasteiger partial charge in [0.1, 0.15) is 4.90 Å². The van der Waals surface area contributed by atoms with Crippen molar-refractivity contribution in [2.75, 3.05) is 14.8 Å². The molecule has 4 rings (SSSR count). The molecule has 0 spiro atoms. The van der Waals surface area contributed by atoms with Crippen molar-refractivity contribution in [2.24, 2.45) is 0 Å². The van der Waals surface area contributed by atoms with Crippen LogP contribution in [-0.4, -0.2) is 22.7 Å². The number of hydrogen-bond donors (Lipinski definition) is 3. The lowest BCUT2D eigenvalue weighted by molar-refractivity contribution is 0.102. The number of para-hydroxylation sites is 1. The summed E-state index contributed by atoms with van der Waals surface area (Å²) >= 11 is 6.16. The monoisotopic (exact) mass is 583 g/mol. The van der Waals surface area contributed by atoms with E-state index in [0.717, 1.165) is 16.7 Å². The molecule has 0 unspecified atom stereocenters. The number of nitrogens with one attached hydrogen (secondary N) is 3. The van der Waals surface area contributed by atoms with Gasteiger partial charge in [0.15, 0.2) is 0 Å². The van der Waals surface area contributed by atoms with E-state index in [1.54, 1.807) is 24.3 Å². The van der Waals surface area contributed by atoms with Crippen LogP contribution in [0, 0.1) is 20.8 Å². The zero-order valence-electron chi connectivity index (χ0n) is 21.3. The largest absolute Gasteiger partial charge is 0.322 e. The number of halogens is 1. The van der Waals surface area contributed by atoms with Gasteiger partial charge in [-0.25, -0.2) is 16.8 Å². The first-order valence-electron chi connectivity index (χ1n) is 11.8. The molecule has 0 radical (unpaired) electrons. The Hall–Kier alpha value is -3.86. The summed E-state index contributed by atoms with van der Waals surface area (Å²) in [5.74, 6) is -0.595. The Kier molecular flexibility index (Phi) is 8.01. The SMILES string of the molecule is Cc1ccc(NS(=O)(=O)c2cc(C(=O)Nc3ccc(S(=O)(=O)Nc4c(C)cccc4C)cc3)ccc2Cl)cc1. The molecule has 3 N–H and O–H groups in total. The van der Waals surface area contributed by atoms with Gasteiger partial charge in [0.25, 0.3) is 26.0 Å². The molecule has 0 aliphatic rings. The van der Waals surface area contributed by atoms with Crippen LogP contribution in [0.3, 0.4) is 0 Å². The molecule has 1 amide bonds. The number of sulfonamides is 2. The Morgan fingerprint density at radius 1 is 0.692 bits per heavy atom. The van der Waals surface area contributed by atoms with Crippen LogP contribution < -0.4 is 14.8 Å². The van der Waals surface area contributed by atoms with Crippen LogP contribution in [0.15, 0.2) is 94.7 Å². The Balaban J connectivity index is 1.51. The van der Waals surface area contributed by atoms with Crippen molar-refractivity contribution in [2.45, 2.75) is 30.6 Å². The predicted octanol–water partition coefficient (Wildman–Crippen LogP) is 6.12. The van der Waals surface area contributed by atoms with Gasteiger partial charge < -0.3 is 5.32 Å². The van der Waals surface area contributed by atoms with Gasteiger partial charge >= 0.3 is 0 Å². The van der Waals surface area contributed by atoms with Gasteiger partial charge in [0.05, 0.1) is 15.6 Å². The molecular formula is C28H26ClN3O5S2. The summed E-state index contributed by atoms with van der Waals surface area (Å²) in [5.41, 5.74) is 3.80. The first kappa shape index (κ1) is 28.2. The van der Waals surface area contributed by atoms with E-state index in [0.29, 0.717) is 17.1 Å². The highest BCUT2D eigenvalue weighted by molar-refractivity contribution is 7.93. The summed E-state index contributed by atoms with van der Waals surface area (Å²) in [5, 5.41) is 2.60. The van der Waals surface area contributed by atoms with Gasteiger partial charge in [-0.3, -0.25) is 14.2 Å². The van der Waals surface area contributed by atoms with Gasteiger partial charge in [0.2, 0.25) is 0 Å². The smallest absolute Gasteiger partial charge is 0.263 e. The third kappa shape index (κ3) is 6.59. The second kappa shape index (κ2) is 11.1. The van der Waals surface area contributed by atoms with Crippen LogP contribution in [0.25, 0.3) is 0 Å². The topological polar surface area (TPSA) is 121 Å². The second-order valence-corrected chi connectivity index (χ2v) is 12.7. The van der Waals surface area contributed by atoms with E-state index in [4.69, 9.17) is 11.6 Å². The van der Waals surface area contributed by atoms with Crippen molar-refractivity contribution in [3.8, 4) is 0 Å². The number of anilines is 3. The fourth-order valence-corrected chi connectivity index (χ4v) is 6.56. The maximum absolute atomic E-state index is 13.0. The maximum atomic E-state index is 13.0. The van der Waals surface area contributed by atoms with Crippen molar-refractivity contribution in [1.29, 1.82) is 0 Å². The van der Waals surface area contributed by atoms with Gasteiger partial charge in [-0.05, 0) is 86.5 Å². The molecule has 202 valence electrons. The Morgan fingerprint density at radius 2 is 1.28 bits per heavy atom. The third-order valence-electron chi connectivity index (χ3n) is 5.93. The van der Waals surface area contributed by atoms with Gasteiger partial charge in [-0.15, -0.1) is 0 Å². The van der Waals surface area contributed by atoms with Gasteiger partial charge in [-0.2, -0.15) is 0 Å². The number of hydrogen-bond acceptors (Lipinski definition) is 5. The molecular weight excluding hydrogens is 558 g/mol. The molecule has 0 saturated carbocycles. The number of benzene rings is 4. The fourth-order valence-electron chi connectivity index (χ4n) is 3.77. The van der Waals surface area contributed by atoms with Crippen molar-refractivity contribution in [3.63, 3.8) is 0 Å². The predicted molar refractivity (Wildman–Crippen MR) is 155 cm³/mol. The Morgan fingerprint density at radius 3 is 1.90 bits per heavy atom. The number of aryl methyl sites for hydroxylation is 3. The van der Waals surface area contributed by atoms with Gasteiger partial charge in [0, 0.05) is 16.9 Å². The van der Waals surface area contributed by atoms with Crippen LogP contribution in [0.4, 0.5) is 17.1 Å². The standard InChI is InChI=1S/C28H26ClN3O5S2/c1-18-7-10-23(11-8-18)31-39(36,37)26-17-21(9-16-25(26)29)28(33)30-22-12-14-24(15-13-22)38(34,35)32-27-19(2)5-4-6-20(27)3/h4-17,31-32H,1-3H3,(H,30,33). The van der Waals surface area contributed by atoms with Crippen LogP contribution in [0.1, 0.15) is 27.0 Å². The lowest BCUT2D eigenvalue weighted by Crippen LogP contribution is -2.17. The molecule has 0 bridgehead atoms. The first-order chi connectivity index (χ1) is 18.4. The molecule has 0 atom stereocenters. The van der Waals surface area contributed by atoms with E-state index in [-0.39, 0.29) is 20.4 Å². The van der Waals surface area contributed by atoms with Crippen LogP contribution in [0.5, 0.6) is 0 Å². The highest BCUT2D eigenvalue weighted by Crippen LogP contribution is 2.27. The lowest BCUT2D eigenvalue weighted by atomic mass is 10.1. The molecule has 39 heavy (non-hydrogen) atoms. The van der Waals surface area contributed by atoms with Crippen molar-refractivity contribution in [1.82, 2.24) is 0 Å². The summed E-state index contributed by atoms with van der Waals surface area (Å²) in [4.78, 5) is 12.7. The van der Waals surface area contributed by atoms with Crippen molar-refractivity contribution < 1.29 is 21.6 Å². The average Bonchev–Trinajstić information content (AvgIpc) is 2.88.